The lowest BCUT2D eigenvalue weighted by Gasteiger charge is -2.20. The molecule has 0 aromatic carbocycles. The van der Waals surface area contributed by atoms with Gasteiger partial charge in [-0.05, 0) is 38.8 Å². The maximum atomic E-state index is 12.7. The van der Waals surface area contributed by atoms with Crippen molar-refractivity contribution in [3.05, 3.63) is 29.8 Å². The Bertz CT molecular complexity index is 782. The second-order valence-corrected chi connectivity index (χ2v) is 7.57. The molecule has 3 rings (SSSR count). The van der Waals surface area contributed by atoms with Crippen molar-refractivity contribution in [3.63, 3.8) is 0 Å². The van der Waals surface area contributed by atoms with Gasteiger partial charge in [-0.2, -0.15) is 13.5 Å². The molecular weight excluding hydrogens is 302 g/mol. The van der Waals surface area contributed by atoms with Gasteiger partial charge in [0, 0.05) is 25.7 Å². The summed E-state index contributed by atoms with van der Waals surface area (Å²) in [6.45, 7) is 3.88. The van der Waals surface area contributed by atoms with E-state index in [4.69, 9.17) is 0 Å². The minimum atomic E-state index is -3.72. The van der Waals surface area contributed by atoms with E-state index in [1.165, 1.54) is 7.05 Å². The number of rotatable bonds is 3. The minimum Gasteiger partial charge on any atom is -0.331 e. The fraction of sp³-hybridized carbons (Fsp3) is 0.500. The molecule has 1 unspecified atom stereocenters. The van der Waals surface area contributed by atoms with Crippen LogP contribution >= 0.6 is 0 Å². The van der Waals surface area contributed by atoms with Crippen molar-refractivity contribution in [2.75, 3.05) is 11.4 Å². The van der Waals surface area contributed by atoms with Crippen molar-refractivity contribution < 1.29 is 8.42 Å². The fourth-order valence-electron chi connectivity index (χ4n) is 2.62. The molecule has 2 aromatic heterocycles. The molecule has 22 heavy (non-hydrogen) atoms. The molecule has 0 saturated heterocycles. The Morgan fingerprint density at radius 2 is 2.09 bits per heavy atom. The number of sulfonamides is 1. The second-order valence-electron chi connectivity index (χ2n) is 5.65. The highest BCUT2D eigenvalue weighted by Crippen LogP contribution is 2.27. The molecule has 1 atom stereocenters. The van der Waals surface area contributed by atoms with Gasteiger partial charge in [-0.3, -0.25) is 4.31 Å². The summed E-state index contributed by atoms with van der Waals surface area (Å²) in [7, 11) is -2.25. The SMILES string of the molecule is Cc1ccc(N(C)S(=O)(=O)c2cn3c(n2)CCCC3C)nn1. The topological polar surface area (TPSA) is 81.0 Å². The highest BCUT2D eigenvalue weighted by atomic mass is 32.2. The van der Waals surface area contributed by atoms with E-state index in [0.717, 1.165) is 35.1 Å². The summed E-state index contributed by atoms with van der Waals surface area (Å²) in [4.78, 5) is 4.32. The zero-order valence-electron chi connectivity index (χ0n) is 12.9. The number of aryl methyl sites for hydroxylation is 2. The van der Waals surface area contributed by atoms with Crippen molar-refractivity contribution in [1.29, 1.82) is 0 Å². The lowest BCUT2D eigenvalue weighted by molar-refractivity contribution is 0.425. The quantitative estimate of drug-likeness (QED) is 0.859. The van der Waals surface area contributed by atoms with Crippen LogP contribution in [0.25, 0.3) is 0 Å². The first-order valence-electron chi connectivity index (χ1n) is 7.26. The number of aromatic nitrogens is 4. The Balaban J connectivity index is 1.97. The monoisotopic (exact) mass is 321 g/mol. The molecule has 0 spiro atoms. The van der Waals surface area contributed by atoms with E-state index in [0.29, 0.717) is 0 Å². The van der Waals surface area contributed by atoms with Crippen LogP contribution in [0.4, 0.5) is 5.82 Å². The van der Waals surface area contributed by atoms with E-state index in [1.807, 2.05) is 4.57 Å². The lowest BCUT2D eigenvalue weighted by atomic mass is 10.1. The van der Waals surface area contributed by atoms with E-state index in [2.05, 4.69) is 22.1 Å². The molecule has 0 radical (unpaired) electrons. The Morgan fingerprint density at radius 3 is 2.73 bits per heavy atom. The summed E-state index contributed by atoms with van der Waals surface area (Å²) in [5, 5.41) is 7.90. The molecule has 8 heteroatoms. The van der Waals surface area contributed by atoms with Crippen molar-refractivity contribution in [2.45, 2.75) is 44.2 Å². The van der Waals surface area contributed by atoms with Crippen LogP contribution in [0.2, 0.25) is 0 Å². The molecule has 3 heterocycles. The second kappa shape index (κ2) is 5.35. The molecule has 0 N–H and O–H groups in total. The van der Waals surface area contributed by atoms with Gasteiger partial charge in [0.15, 0.2) is 10.8 Å². The maximum absolute atomic E-state index is 12.7. The molecule has 1 aliphatic heterocycles. The van der Waals surface area contributed by atoms with Crippen molar-refractivity contribution in [1.82, 2.24) is 19.7 Å². The average molecular weight is 321 g/mol. The van der Waals surface area contributed by atoms with Gasteiger partial charge in [0.2, 0.25) is 0 Å². The van der Waals surface area contributed by atoms with Crippen molar-refractivity contribution in [3.8, 4) is 0 Å². The largest absolute Gasteiger partial charge is 0.331 e. The molecule has 0 aliphatic carbocycles. The first-order chi connectivity index (χ1) is 10.4. The standard InChI is InChI=1S/C14H19N5O2S/c1-10-7-8-13(17-16-10)18(3)22(20,21)14-9-19-11(2)5-4-6-12(19)15-14/h7-9,11H,4-6H2,1-3H3. The van der Waals surface area contributed by atoms with Gasteiger partial charge in [0.05, 0.1) is 5.69 Å². The van der Waals surface area contributed by atoms with Gasteiger partial charge in [-0.25, -0.2) is 4.98 Å². The molecule has 0 fully saturated rings. The predicted molar refractivity (Wildman–Crippen MR) is 82.2 cm³/mol. The minimum absolute atomic E-state index is 0.0705. The molecule has 0 bridgehead atoms. The average Bonchev–Trinajstić information content (AvgIpc) is 2.94. The first-order valence-corrected chi connectivity index (χ1v) is 8.70. The van der Waals surface area contributed by atoms with Crippen LogP contribution in [-0.2, 0) is 16.4 Å². The molecular formula is C14H19N5O2S. The summed E-state index contributed by atoms with van der Waals surface area (Å²) in [6.07, 6.45) is 4.53. The summed E-state index contributed by atoms with van der Waals surface area (Å²) in [5.74, 6) is 1.12. The smallest absolute Gasteiger partial charge is 0.284 e. The number of imidazole rings is 1. The van der Waals surface area contributed by atoms with E-state index in [1.54, 1.807) is 25.3 Å². The number of hydrogen-bond donors (Lipinski definition) is 0. The molecule has 7 nitrogen and oxygen atoms in total. The fourth-order valence-corrected chi connectivity index (χ4v) is 3.71. The van der Waals surface area contributed by atoms with Gasteiger partial charge in [0.25, 0.3) is 10.0 Å². The van der Waals surface area contributed by atoms with Crippen LogP contribution < -0.4 is 4.31 Å². The van der Waals surface area contributed by atoms with Crippen LogP contribution in [0.5, 0.6) is 0 Å². The third-order valence-corrected chi connectivity index (χ3v) is 5.65. The van der Waals surface area contributed by atoms with Gasteiger partial charge < -0.3 is 4.57 Å². The zero-order chi connectivity index (χ0) is 15.9. The van der Waals surface area contributed by atoms with Crippen LogP contribution in [0.3, 0.4) is 0 Å². The van der Waals surface area contributed by atoms with Crippen LogP contribution in [0, 0.1) is 6.92 Å². The third kappa shape index (κ3) is 2.47. The first kappa shape index (κ1) is 15.0. The molecule has 2 aromatic rings. The third-order valence-electron chi connectivity index (χ3n) is 4.02. The van der Waals surface area contributed by atoms with Crippen LogP contribution in [0.1, 0.15) is 37.3 Å². The Labute approximate surface area is 130 Å². The summed E-state index contributed by atoms with van der Waals surface area (Å²) < 4.78 is 28.5. The van der Waals surface area contributed by atoms with E-state index in [-0.39, 0.29) is 16.9 Å². The normalized spacial score (nSPS) is 18.0. The highest BCUT2D eigenvalue weighted by molar-refractivity contribution is 7.92. The summed E-state index contributed by atoms with van der Waals surface area (Å²) >= 11 is 0. The van der Waals surface area contributed by atoms with Crippen molar-refractivity contribution >= 4 is 15.8 Å². The van der Waals surface area contributed by atoms with Crippen LogP contribution in [-0.4, -0.2) is 35.2 Å². The van der Waals surface area contributed by atoms with E-state index < -0.39 is 10.0 Å². The Morgan fingerprint density at radius 1 is 1.32 bits per heavy atom. The predicted octanol–water partition coefficient (Wildman–Crippen LogP) is 1.70. The summed E-state index contributed by atoms with van der Waals surface area (Å²) in [5.41, 5.74) is 0.737. The lowest BCUT2D eigenvalue weighted by Crippen LogP contribution is -2.28. The zero-order valence-corrected chi connectivity index (χ0v) is 13.7. The molecule has 0 saturated carbocycles. The van der Waals surface area contributed by atoms with Gasteiger partial charge in [0.1, 0.15) is 5.82 Å². The highest BCUT2D eigenvalue weighted by Gasteiger charge is 2.28. The number of nitrogens with zero attached hydrogens (tertiary/aromatic N) is 5. The van der Waals surface area contributed by atoms with Gasteiger partial charge >= 0.3 is 0 Å². The number of hydrogen-bond acceptors (Lipinski definition) is 5. The Kier molecular flexibility index (Phi) is 3.64. The maximum Gasteiger partial charge on any atom is 0.284 e. The van der Waals surface area contributed by atoms with Crippen molar-refractivity contribution in [2.24, 2.45) is 0 Å². The Hall–Kier alpha value is -1.96. The van der Waals surface area contributed by atoms with Gasteiger partial charge in [-0.1, -0.05) is 0 Å². The van der Waals surface area contributed by atoms with Gasteiger partial charge in [-0.15, -0.1) is 5.10 Å². The van der Waals surface area contributed by atoms with Crippen LogP contribution in [0.15, 0.2) is 23.4 Å². The molecule has 0 amide bonds. The van der Waals surface area contributed by atoms with E-state index in [9.17, 15) is 8.42 Å². The van der Waals surface area contributed by atoms with E-state index >= 15 is 0 Å². The molecule has 118 valence electrons. The number of anilines is 1. The number of fused-ring (bicyclic) bond motifs is 1. The summed E-state index contributed by atoms with van der Waals surface area (Å²) in [6, 6.07) is 3.65. The molecule has 1 aliphatic rings.